The molecule has 0 unspecified atom stereocenters. The predicted molar refractivity (Wildman–Crippen MR) is 76.5 cm³/mol. The molecular weight excluding hydrogens is 252 g/mol. The number of carbonyl (C=O) groups excluding carboxylic acids is 1. The molecular formula is C16H12N2O2. The van der Waals surface area contributed by atoms with Crippen molar-refractivity contribution in [3.8, 4) is 28.4 Å². The summed E-state index contributed by atoms with van der Waals surface area (Å²) in [5, 5.41) is 9.51. The molecule has 2 aromatic carbocycles. The van der Waals surface area contributed by atoms with E-state index in [-0.39, 0.29) is 5.75 Å². The minimum Gasteiger partial charge on any atom is -0.508 e. The number of phenolic OH excluding ortho intramolecular Hbond substituents is 1. The normalized spacial score (nSPS) is 10.4. The third-order valence-corrected chi connectivity index (χ3v) is 3.02. The van der Waals surface area contributed by atoms with Gasteiger partial charge in [0.15, 0.2) is 6.29 Å². The number of carbonyl (C=O) groups is 1. The maximum absolute atomic E-state index is 11.2. The van der Waals surface area contributed by atoms with Crippen LogP contribution in [0.2, 0.25) is 0 Å². The first-order valence-electron chi connectivity index (χ1n) is 6.18. The average Bonchev–Trinajstić information content (AvgIpc) is 2.92. The zero-order chi connectivity index (χ0) is 13.9. The van der Waals surface area contributed by atoms with Crippen LogP contribution in [0.25, 0.3) is 22.6 Å². The molecule has 0 atom stereocenters. The predicted octanol–water partition coefficient (Wildman–Crippen LogP) is 3.26. The van der Waals surface area contributed by atoms with Crippen LogP contribution in [0.5, 0.6) is 5.75 Å². The Balaban J connectivity index is 2.12. The number of aromatic hydroxyl groups is 1. The number of nitrogens with one attached hydrogen (secondary N) is 1. The number of rotatable bonds is 3. The van der Waals surface area contributed by atoms with Gasteiger partial charge in [-0.3, -0.25) is 4.79 Å². The van der Waals surface area contributed by atoms with Gasteiger partial charge in [-0.25, -0.2) is 4.98 Å². The summed E-state index contributed by atoms with van der Waals surface area (Å²) in [6, 6.07) is 16.2. The van der Waals surface area contributed by atoms with Crippen molar-refractivity contribution in [3.05, 3.63) is 60.3 Å². The molecule has 0 bridgehead atoms. The van der Waals surface area contributed by atoms with E-state index in [2.05, 4.69) is 9.97 Å². The number of benzene rings is 2. The van der Waals surface area contributed by atoms with Crippen LogP contribution in [-0.2, 0) is 0 Å². The van der Waals surface area contributed by atoms with Gasteiger partial charge in [0.25, 0.3) is 0 Å². The lowest BCUT2D eigenvalue weighted by atomic mass is 10.1. The largest absolute Gasteiger partial charge is 0.508 e. The number of hydrogen-bond acceptors (Lipinski definition) is 3. The van der Waals surface area contributed by atoms with Gasteiger partial charge in [-0.1, -0.05) is 42.5 Å². The third kappa shape index (κ3) is 2.19. The Labute approximate surface area is 115 Å². The van der Waals surface area contributed by atoms with Crippen LogP contribution in [0.1, 0.15) is 10.5 Å². The van der Waals surface area contributed by atoms with E-state index in [1.807, 2.05) is 36.4 Å². The molecule has 3 aromatic rings. The van der Waals surface area contributed by atoms with E-state index < -0.39 is 0 Å². The van der Waals surface area contributed by atoms with Gasteiger partial charge in [0.2, 0.25) is 0 Å². The van der Waals surface area contributed by atoms with Crippen molar-refractivity contribution in [2.24, 2.45) is 0 Å². The number of aldehydes is 1. The van der Waals surface area contributed by atoms with Crippen LogP contribution < -0.4 is 0 Å². The van der Waals surface area contributed by atoms with Gasteiger partial charge < -0.3 is 10.1 Å². The Kier molecular flexibility index (Phi) is 3.05. The van der Waals surface area contributed by atoms with E-state index >= 15 is 0 Å². The first kappa shape index (κ1) is 12.2. The second-order valence-electron chi connectivity index (χ2n) is 4.38. The number of H-pyrrole nitrogens is 1. The highest BCUT2D eigenvalue weighted by molar-refractivity contribution is 5.85. The van der Waals surface area contributed by atoms with Crippen LogP contribution in [-0.4, -0.2) is 21.4 Å². The maximum Gasteiger partial charge on any atom is 0.168 e. The van der Waals surface area contributed by atoms with E-state index in [4.69, 9.17) is 0 Å². The van der Waals surface area contributed by atoms with Crippen molar-refractivity contribution in [2.45, 2.75) is 0 Å². The molecule has 4 heteroatoms. The smallest absolute Gasteiger partial charge is 0.168 e. The fourth-order valence-electron chi connectivity index (χ4n) is 2.08. The lowest BCUT2D eigenvalue weighted by molar-refractivity contribution is 0.112. The SMILES string of the molecule is O=Cc1[nH]c(-c2cccc(O)c2)nc1-c1ccccc1. The number of imidazole rings is 1. The van der Waals surface area contributed by atoms with E-state index in [1.54, 1.807) is 18.2 Å². The Morgan fingerprint density at radius 1 is 1.00 bits per heavy atom. The van der Waals surface area contributed by atoms with Crippen LogP contribution in [0.3, 0.4) is 0 Å². The van der Waals surface area contributed by atoms with E-state index in [1.165, 1.54) is 0 Å². The Bertz CT molecular complexity index is 748. The third-order valence-electron chi connectivity index (χ3n) is 3.02. The molecule has 0 amide bonds. The van der Waals surface area contributed by atoms with Crippen molar-refractivity contribution in [2.75, 3.05) is 0 Å². The standard InChI is InChI=1S/C16H12N2O2/c19-10-14-15(11-5-2-1-3-6-11)18-16(17-14)12-7-4-8-13(20)9-12/h1-10,20H,(H,17,18). The minimum atomic E-state index is 0.160. The average molecular weight is 264 g/mol. The van der Waals surface area contributed by atoms with Crippen molar-refractivity contribution in [1.29, 1.82) is 0 Å². The van der Waals surface area contributed by atoms with E-state index in [0.717, 1.165) is 17.4 Å². The molecule has 0 aliphatic heterocycles. The van der Waals surface area contributed by atoms with Crippen molar-refractivity contribution in [3.63, 3.8) is 0 Å². The zero-order valence-corrected chi connectivity index (χ0v) is 10.6. The fraction of sp³-hybridized carbons (Fsp3) is 0. The monoisotopic (exact) mass is 264 g/mol. The first-order chi connectivity index (χ1) is 9.78. The van der Waals surface area contributed by atoms with Gasteiger partial charge >= 0.3 is 0 Å². The molecule has 0 spiro atoms. The summed E-state index contributed by atoms with van der Waals surface area (Å²) < 4.78 is 0. The number of hydrogen-bond donors (Lipinski definition) is 2. The molecule has 98 valence electrons. The Hall–Kier alpha value is -2.88. The van der Waals surface area contributed by atoms with Gasteiger partial charge in [0, 0.05) is 11.1 Å². The lowest BCUT2D eigenvalue weighted by Crippen LogP contribution is -1.84. The zero-order valence-electron chi connectivity index (χ0n) is 10.6. The van der Waals surface area contributed by atoms with Gasteiger partial charge in [0.05, 0.1) is 5.69 Å². The van der Waals surface area contributed by atoms with Gasteiger partial charge in [-0.2, -0.15) is 0 Å². The molecule has 0 saturated heterocycles. The van der Waals surface area contributed by atoms with Crippen LogP contribution >= 0.6 is 0 Å². The number of aromatic amines is 1. The Morgan fingerprint density at radius 3 is 2.45 bits per heavy atom. The quantitative estimate of drug-likeness (QED) is 0.713. The highest BCUT2D eigenvalue weighted by atomic mass is 16.3. The molecule has 0 saturated carbocycles. The summed E-state index contributed by atoms with van der Waals surface area (Å²) in [4.78, 5) is 18.6. The fourth-order valence-corrected chi connectivity index (χ4v) is 2.08. The van der Waals surface area contributed by atoms with Gasteiger partial charge in [0.1, 0.15) is 17.3 Å². The highest BCUT2D eigenvalue weighted by Crippen LogP contribution is 2.26. The molecule has 1 heterocycles. The summed E-state index contributed by atoms with van der Waals surface area (Å²) in [6.45, 7) is 0. The number of aromatic nitrogens is 2. The summed E-state index contributed by atoms with van der Waals surface area (Å²) in [7, 11) is 0. The van der Waals surface area contributed by atoms with Crippen molar-refractivity contribution in [1.82, 2.24) is 9.97 Å². The maximum atomic E-state index is 11.2. The molecule has 0 radical (unpaired) electrons. The first-order valence-corrected chi connectivity index (χ1v) is 6.18. The van der Waals surface area contributed by atoms with Gasteiger partial charge in [-0.05, 0) is 12.1 Å². The second-order valence-corrected chi connectivity index (χ2v) is 4.38. The lowest BCUT2D eigenvalue weighted by Gasteiger charge is -1.97. The molecule has 20 heavy (non-hydrogen) atoms. The number of phenols is 1. The number of nitrogens with zero attached hydrogens (tertiary/aromatic N) is 1. The summed E-state index contributed by atoms with van der Waals surface area (Å²) in [6.07, 6.45) is 0.752. The van der Waals surface area contributed by atoms with E-state index in [0.29, 0.717) is 17.2 Å². The minimum absolute atomic E-state index is 0.160. The van der Waals surface area contributed by atoms with Crippen LogP contribution in [0, 0.1) is 0 Å². The van der Waals surface area contributed by atoms with Crippen LogP contribution in [0.4, 0.5) is 0 Å². The van der Waals surface area contributed by atoms with Gasteiger partial charge in [-0.15, -0.1) is 0 Å². The second kappa shape index (κ2) is 5.01. The van der Waals surface area contributed by atoms with E-state index in [9.17, 15) is 9.90 Å². The summed E-state index contributed by atoms with van der Waals surface area (Å²) in [5.41, 5.74) is 2.64. The topological polar surface area (TPSA) is 66.0 Å². The molecule has 1 aromatic heterocycles. The molecule has 4 nitrogen and oxygen atoms in total. The summed E-state index contributed by atoms with van der Waals surface area (Å²) >= 11 is 0. The molecule has 0 fully saturated rings. The highest BCUT2D eigenvalue weighted by Gasteiger charge is 2.12. The summed E-state index contributed by atoms with van der Waals surface area (Å²) in [5.74, 6) is 0.717. The Morgan fingerprint density at radius 2 is 1.75 bits per heavy atom. The van der Waals surface area contributed by atoms with Crippen molar-refractivity contribution < 1.29 is 9.90 Å². The molecule has 2 N–H and O–H groups in total. The van der Waals surface area contributed by atoms with Crippen LogP contribution in [0.15, 0.2) is 54.6 Å². The molecule has 0 aliphatic carbocycles. The molecule has 3 rings (SSSR count). The van der Waals surface area contributed by atoms with Crippen molar-refractivity contribution >= 4 is 6.29 Å². The molecule has 0 aliphatic rings.